The van der Waals surface area contributed by atoms with Crippen molar-refractivity contribution >= 4 is 15.7 Å². The number of hydrogen-bond donors (Lipinski definition) is 1. The second kappa shape index (κ2) is 8.11. The van der Waals surface area contributed by atoms with Gasteiger partial charge in [0.1, 0.15) is 11.8 Å². The Morgan fingerprint density at radius 3 is 2.52 bits per heavy atom. The highest BCUT2D eigenvalue weighted by Gasteiger charge is 2.28. The van der Waals surface area contributed by atoms with Crippen molar-refractivity contribution in [3.63, 3.8) is 0 Å². The number of sulfone groups is 1. The highest BCUT2D eigenvalue weighted by Crippen LogP contribution is 2.24. The summed E-state index contributed by atoms with van der Waals surface area (Å²) in [5, 5.41) is 9.61. The molecule has 8 nitrogen and oxygen atoms in total. The van der Waals surface area contributed by atoms with E-state index in [-0.39, 0.29) is 24.3 Å². The summed E-state index contributed by atoms with van der Waals surface area (Å²) >= 11 is 0. The summed E-state index contributed by atoms with van der Waals surface area (Å²) in [4.78, 5) is 12.2. The summed E-state index contributed by atoms with van der Waals surface area (Å²) in [5.41, 5.74) is 0. The molecule has 0 aliphatic carbocycles. The van der Waals surface area contributed by atoms with Crippen LogP contribution in [0.4, 0.5) is 0 Å². The quantitative estimate of drug-likeness (QED) is 0.756. The van der Waals surface area contributed by atoms with Crippen LogP contribution in [0.25, 0.3) is 0 Å². The number of para-hydroxylation sites is 1. The van der Waals surface area contributed by atoms with Gasteiger partial charge in [-0.15, -0.1) is 5.10 Å². The van der Waals surface area contributed by atoms with E-state index in [1.165, 1.54) is 0 Å². The number of carbonyl (C=O) groups is 1. The maximum Gasteiger partial charge on any atom is 0.335 e. The summed E-state index contributed by atoms with van der Waals surface area (Å²) in [5.74, 6) is 0.236. The predicted octanol–water partition coefficient (Wildman–Crippen LogP) is 1.76. The lowest BCUT2D eigenvalue weighted by Crippen LogP contribution is -2.36. The molecule has 1 aromatic heterocycles. The topological polar surface area (TPSA) is 111 Å². The average Bonchev–Trinajstić information content (AvgIpc) is 3.08. The molecule has 1 amide bonds. The first-order chi connectivity index (χ1) is 11.8. The number of aromatic nitrogens is 2. The van der Waals surface area contributed by atoms with Gasteiger partial charge in [0.15, 0.2) is 6.61 Å². The lowest BCUT2D eigenvalue weighted by atomic mass is 9.99. The van der Waals surface area contributed by atoms with Crippen molar-refractivity contribution in [2.45, 2.75) is 31.5 Å². The fraction of sp³-hybridized carbons (Fsp3) is 0.438. The third kappa shape index (κ3) is 5.28. The lowest BCUT2D eigenvalue weighted by Gasteiger charge is -2.21. The summed E-state index contributed by atoms with van der Waals surface area (Å²) in [6.45, 7) is 3.66. The molecule has 0 bridgehead atoms. The molecule has 0 radical (unpaired) electrons. The van der Waals surface area contributed by atoms with E-state index in [4.69, 9.17) is 9.15 Å². The lowest BCUT2D eigenvalue weighted by molar-refractivity contribution is -0.124. The smallest absolute Gasteiger partial charge is 0.335 e. The molecule has 1 N–H and O–H groups in total. The van der Waals surface area contributed by atoms with Gasteiger partial charge in [-0.05, 0) is 18.1 Å². The zero-order valence-corrected chi connectivity index (χ0v) is 15.1. The molecular weight excluding hydrogens is 346 g/mol. The van der Waals surface area contributed by atoms with E-state index in [1.54, 1.807) is 24.3 Å². The minimum Gasteiger partial charge on any atom is -0.484 e. The number of amides is 1. The van der Waals surface area contributed by atoms with Crippen LogP contribution in [0.15, 0.2) is 40.0 Å². The van der Waals surface area contributed by atoms with Crippen LogP contribution < -0.4 is 10.1 Å². The largest absolute Gasteiger partial charge is 0.484 e. The van der Waals surface area contributed by atoms with E-state index < -0.39 is 21.1 Å². The van der Waals surface area contributed by atoms with Crippen molar-refractivity contribution in [2.24, 2.45) is 5.92 Å². The molecule has 0 fully saturated rings. The van der Waals surface area contributed by atoms with E-state index >= 15 is 0 Å². The third-order valence-electron chi connectivity index (χ3n) is 3.65. The van der Waals surface area contributed by atoms with Crippen LogP contribution in [0.3, 0.4) is 0 Å². The number of nitrogens with zero attached hydrogens (tertiary/aromatic N) is 2. The molecule has 0 aliphatic heterocycles. The van der Waals surface area contributed by atoms with Gasteiger partial charge < -0.3 is 14.5 Å². The average molecular weight is 367 g/mol. The molecule has 136 valence electrons. The summed E-state index contributed by atoms with van der Waals surface area (Å²) in [6.07, 6.45) is 1.70. The van der Waals surface area contributed by atoms with Crippen molar-refractivity contribution in [1.29, 1.82) is 0 Å². The number of benzene rings is 1. The van der Waals surface area contributed by atoms with Crippen molar-refractivity contribution in [3.8, 4) is 5.75 Å². The fourth-order valence-corrected chi connectivity index (χ4v) is 2.49. The number of nitrogens with one attached hydrogen (secondary N) is 1. The SMILES string of the molecule is CC[C@@H](C)[C@H](NC(=O)COc1ccccc1)c1nnc(S(C)(=O)=O)o1. The fourth-order valence-electron chi connectivity index (χ4n) is 2.06. The van der Waals surface area contributed by atoms with Crippen LogP contribution in [0.5, 0.6) is 5.75 Å². The van der Waals surface area contributed by atoms with E-state index in [1.807, 2.05) is 19.9 Å². The van der Waals surface area contributed by atoms with E-state index in [9.17, 15) is 13.2 Å². The van der Waals surface area contributed by atoms with Crippen molar-refractivity contribution in [3.05, 3.63) is 36.2 Å². The zero-order valence-electron chi connectivity index (χ0n) is 14.3. The van der Waals surface area contributed by atoms with Crippen molar-refractivity contribution < 1.29 is 22.4 Å². The van der Waals surface area contributed by atoms with Crippen molar-refractivity contribution in [1.82, 2.24) is 15.5 Å². The van der Waals surface area contributed by atoms with E-state index in [2.05, 4.69) is 15.5 Å². The van der Waals surface area contributed by atoms with Gasteiger partial charge in [0.05, 0.1) is 0 Å². The Labute approximate surface area is 146 Å². The first-order valence-corrected chi connectivity index (χ1v) is 9.71. The molecule has 0 saturated heterocycles. The standard InChI is InChI=1S/C16H21N3O5S/c1-4-11(2)14(15-18-19-16(24-15)25(3,21)22)17-13(20)10-23-12-8-6-5-7-9-12/h5-9,11,14H,4,10H2,1-3H3,(H,17,20)/t11-,14+/m1/s1. The molecule has 0 spiro atoms. The predicted molar refractivity (Wildman–Crippen MR) is 89.7 cm³/mol. The zero-order chi connectivity index (χ0) is 18.4. The molecule has 0 saturated carbocycles. The molecule has 1 aromatic carbocycles. The number of hydrogen-bond acceptors (Lipinski definition) is 7. The summed E-state index contributed by atoms with van der Waals surface area (Å²) < 4.78 is 33.6. The number of ether oxygens (including phenoxy) is 1. The Morgan fingerprint density at radius 2 is 1.96 bits per heavy atom. The van der Waals surface area contributed by atoms with Gasteiger partial charge >= 0.3 is 5.22 Å². The summed E-state index contributed by atoms with van der Waals surface area (Å²) in [6, 6.07) is 8.35. The van der Waals surface area contributed by atoms with Crippen LogP contribution in [0.2, 0.25) is 0 Å². The molecule has 2 rings (SSSR count). The van der Waals surface area contributed by atoms with Crippen LogP contribution >= 0.6 is 0 Å². The minimum absolute atomic E-state index is 0.0338. The molecule has 2 aromatic rings. The maximum atomic E-state index is 12.2. The van der Waals surface area contributed by atoms with Crippen LogP contribution in [-0.4, -0.2) is 37.4 Å². The summed E-state index contributed by atoms with van der Waals surface area (Å²) in [7, 11) is -3.60. The number of carbonyl (C=O) groups excluding carboxylic acids is 1. The number of rotatable bonds is 8. The second-order valence-corrected chi connectivity index (χ2v) is 7.60. The highest BCUT2D eigenvalue weighted by molar-refractivity contribution is 7.90. The van der Waals surface area contributed by atoms with Gasteiger partial charge in [-0.2, -0.15) is 0 Å². The van der Waals surface area contributed by atoms with Gasteiger partial charge in [-0.25, -0.2) is 8.42 Å². The van der Waals surface area contributed by atoms with Gasteiger partial charge in [0.25, 0.3) is 5.91 Å². The van der Waals surface area contributed by atoms with Gasteiger partial charge in [0.2, 0.25) is 15.7 Å². The Bertz CT molecular complexity index is 804. The third-order valence-corrected chi connectivity index (χ3v) is 4.45. The normalized spacial score (nSPS) is 13.9. The van der Waals surface area contributed by atoms with Crippen LogP contribution in [-0.2, 0) is 14.6 Å². The second-order valence-electron chi connectivity index (χ2n) is 5.71. The molecule has 0 aliphatic rings. The molecule has 9 heteroatoms. The highest BCUT2D eigenvalue weighted by atomic mass is 32.2. The van der Waals surface area contributed by atoms with Gasteiger partial charge in [-0.1, -0.05) is 43.6 Å². The monoisotopic (exact) mass is 367 g/mol. The Hall–Kier alpha value is -2.42. The molecular formula is C16H21N3O5S. The van der Waals surface area contributed by atoms with Crippen LogP contribution in [0, 0.1) is 5.92 Å². The first kappa shape index (κ1) is 18.9. The first-order valence-electron chi connectivity index (χ1n) is 7.82. The minimum atomic E-state index is -3.60. The van der Waals surface area contributed by atoms with E-state index in [0.29, 0.717) is 5.75 Å². The maximum absolute atomic E-state index is 12.2. The van der Waals surface area contributed by atoms with Crippen LogP contribution in [0.1, 0.15) is 32.2 Å². The van der Waals surface area contributed by atoms with Gasteiger partial charge in [-0.3, -0.25) is 4.79 Å². The molecule has 25 heavy (non-hydrogen) atoms. The molecule has 1 heterocycles. The Morgan fingerprint density at radius 1 is 1.28 bits per heavy atom. The molecule has 0 unspecified atom stereocenters. The Balaban J connectivity index is 2.07. The van der Waals surface area contributed by atoms with E-state index in [0.717, 1.165) is 12.7 Å². The molecule has 2 atom stereocenters. The Kier molecular flexibility index (Phi) is 6.13. The van der Waals surface area contributed by atoms with Gasteiger partial charge in [0, 0.05) is 6.26 Å². The van der Waals surface area contributed by atoms with Crippen molar-refractivity contribution in [2.75, 3.05) is 12.9 Å².